The van der Waals surface area contributed by atoms with Crippen LogP contribution >= 0.6 is 0 Å². The van der Waals surface area contributed by atoms with Crippen molar-refractivity contribution in [2.75, 3.05) is 11.9 Å². The average molecular weight is 426 g/mol. The van der Waals surface area contributed by atoms with E-state index in [1.165, 1.54) is 0 Å². The summed E-state index contributed by atoms with van der Waals surface area (Å²) in [4.78, 5) is 12.8. The first-order chi connectivity index (χ1) is 14.8. The van der Waals surface area contributed by atoms with Gasteiger partial charge in [0, 0.05) is 41.4 Å². The van der Waals surface area contributed by atoms with Crippen LogP contribution in [0.4, 0.5) is 5.69 Å². The molecule has 0 unspecified atom stereocenters. The van der Waals surface area contributed by atoms with Crippen molar-refractivity contribution < 1.29 is 24.6 Å². The van der Waals surface area contributed by atoms with Crippen molar-refractivity contribution in [1.29, 1.82) is 0 Å². The second-order valence-electron chi connectivity index (χ2n) is 8.50. The number of hydrogen-bond acceptors (Lipinski definition) is 5. The molecule has 1 fully saturated rings. The van der Waals surface area contributed by atoms with Gasteiger partial charge in [0.25, 0.3) is 0 Å². The quantitative estimate of drug-likeness (QED) is 0.430. The summed E-state index contributed by atoms with van der Waals surface area (Å²) in [5.74, 6) is 0.0886. The van der Waals surface area contributed by atoms with Crippen LogP contribution in [0.15, 0.2) is 36.5 Å². The molecule has 4 rings (SSSR count). The highest BCUT2D eigenvalue weighted by atomic mass is 16.5. The van der Waals surface area contributed by atoms with Gasteiger partial charge in [0.2, 0.25) is 5.69 Å². The fourth-order valence-electron chi connectivity index (χ4n) is 4.09. The molecular formula is C23H29N4O4+. The van der Waals surface area contributed by atoms with Crippen LogP contribution in [0.3, 0.4) is 0 Å². The molecule has 3 aromatic rings. The third-order valence-corrected chi connectivity index (χ3v) is 5.96. The molecule has 0 atom stereocenters. The molecule has 0 radical (unpaired) electrons. The summed E-state index contributed by atoms with van der Waals surface area (Å²) in [6.45, 7) is 5.92. The molecule has 0 aliphatic heterocycles. The van der Waals surface area contributed by atoms with Gasteiger partial charge in [0.1, 0.15) is 5.75 Å². The number of amides is 1. The van der Waals surface area contributed by atoms with Crippen molar-refractivity contribution in [3.05, 3.63) is 47.9 Å². The fraction of sp³-hybridized carbons (Fsp3) is 0.435. The highest BCUT2D eigenvalue weighted by molar-refractivity contribution is 6.04. The van der Waals surface area contributed by atoms with Gasteiger partial charge in [-0.1, -0.05) is 0 Å². The summed E-state index contributed by atoms with van der Waals surface area (Å²) in [6, 6.07) is 8.90. The maximum atomic E-state index is 12.8. The number of carbonyl (C=O) groups is 1. The molecule has 1 aromatic carbocycles. The first kappa shape index (κ1) is 21.1. The fourth-order valence-corrected chi connectivity index (χ4v) is 4.09. The van der Waals surface area contributed by atoms with Gasteiger partial charge in [-0.25, -0.2) is 0 Å². The number of hydrogen-bond donors (Lipinski definition) is 3. The lowest BCUT2D eigenvalue weighted by Crippen LogP contribution is -2.42. The maximum Gasteiger partial charge on any atom is 0.325 e. The number of pyridine rings is 1. The molecular weight excluding hydrogens is 396 g/mol. The lowest BCUT2D eigenvalue weighted by molar-refractivity contribution is -0.909. The van der Waals surface area contributed by atoms with Crippen LogP contribution in [-0.4, -0.2) is 38.2 Å². The van der Waals surface area contributed by atoms with Crippen molar-refractivity contribution in [1.82, 2.24) is 9.78 Å². The van der Waals surface area contributed by atoms with Crippen LogP contribution in [0, 0.1) is 6.92 Å². The zero-order valence-electron chi connectivity index (χ0n) is 18.1. The Bertz CT molecular complexity index is 1110. The van der Waals surface area contributed by atoms with Crippen molar-refractivity contribution in [2.24, 2.45) is 0 Å². The number of nitrogens with one attached hydrogen (secondary N) is 1. The number of carbonyl (C=O) groups excluding carboxylic acids is 1. The molecule has 31 heavy (non-hydrogen) atoms. The summed E-state index contributed by atoms with van der Waals surface area (Å²) >= 11 is 0. The van der Waals surface area contributed by atoms with Gasteiger partial charge in [-0.3, -0.25) is 14.7 Å². The Hall–Kier alpha value is -3.13. The van der Waals surface area contributed by atoms with E-state index in [9.17, 15) is 15.1 Å². The van der Waals surface area contributed by atoms with E-state index in [2.05, 4.69) is 5.32 Å². The molecule has 0 spiro atoms. The van der Waals surface area contributed by atoms with Crippen LogP contribution in [0.2, 0.25) is 0 Å². The van der Waals surface area contributed by atoms with Crippen LogP contribution in [0.25, 0.3) is 10.9 Å². The molecule has 2 heterocycles. The number of fused-ring (bicyclic) bond motifs is 1. The van der Waals surface area contributed by atoms with Crippen LogP contribution in [-0.2, 0) is 0 Å². The van der Waals surface area contributed by atoms with Gasteiger partial charge < -0.3 is 15.2 Å². The zero-order chi connectivity index (χ0) is 22.2. The molecule has 1 aliphatic rings. The molecule has 0 bridgehead atoms. The molecule has 3 N–H and O–H groups in total. The Morgan fingerprint density at radius 1 is 1.35 bits per heavy atom. The van der Waals surface area contributed by atoms with E-state index in [1.807, 2.05) is 36.9 Å². The normalized spacial score (nSPS) is 21.2. The number of benzene rings is 1. The summed E-state index contributed by atoms with van der Waals surface area (Å²) in [7, 11) is 0. The van der Waals surface area contributed by atoms with Gasteiger partial charge in [-0.05, 0) is 51.7 Å². The largest absolute Gasteiger partial charge is 0.492 e. The van der Waals surface area contributed by atoms with Crippen LogP contribution < -0.4 is 14.8 Å². The molecule has 1 saturated carbocycles. The second kappa shape index (κ2) is 8.19. The second-order valence-corrected chi connectivity index (χ2v) is 8.50. The Morgan fingerprint density at radius 2 is 2.10 bits per heavy atom. The third-order valence-electron chi connectivity index (χ3n) is 5.96. The van der Waals surface area contributed by atoms with Crippen molar-refractivity contribution in [3.63, 3.8) is 0 Å². The Morgan fingerprint density at radius 3 is 2.81 bits per heavy atom. The Balaban J connectivity index is 1.64. The predicted octanol–water partition coefficient (Wildman–Crippen LogP) is 3.39. The van der Waals surface area contributed by atoms with Crippen molar-refractivity contribution >= 4 is 22.5 Å². The smallest absolute Gasteiger partial charge is 0.325 e. The molecule has 1 amide bonds. The lowest BCUT2D eigenvalue weighted by Gasteiger charge is -2.33. The summed E-state index contributed by atoms with van der Waals surface area (Å²) in [5.41, 5.74) is 1.40. The lowest BCUT2D eigenvalue weighted by atomic mass is 9.84. The molecule has 8 heteroatoms. The van der Waals surface area contributed by atoms with E-state index in [4.69, 9.17) is 9.84 Å². The standard InChI is InChI=1S/C23H28N4O4/c1-4-31-21-13-18-16(14-26(25-18)17-8-10-23(3,29)11-9-17)12-19(21)24-22(28)20-7-5-6-15(2)27(20)30/h5-7,12-14,17,29H,4,8-11H2,1-3H3,(H-,24,28,30)/p+1. The van der Waals surface area contributed by atoms with E-state index in [1.54, 1.807) is 25.1 Å². The van der Waals surface area contributed by atoms with E-state index in [0.29, 0.717) is 23.7 Å². The van der Waals surface area contributed by atoms with Gasteiger partial charge in [0.05, 0.1) is 29.5 Å². The van der Waals surface area contributed by atoms with Crippen molar-refractivity contribution in [3.8, 4) is 5.75 Å². The van der Waals surface area contributed by atoms with Crippen LogP contribution in [0.1, 0.15) is 61.8 Å². The number of ether oxygens (including phenoxy) is 1. The molecule has 1 aliphatic carbocycles. The maximum absolute atomic E-state index is 12.8. The minimum atomic E-state index is -0.595. The number of nitrogens with zero attached hydrogens (tertiary/aromatic N) is 3. The Kier molecular flexibility index (Phi) is 5.58. The van der Waals surface area contributed by atoms with Gasteiger partial charge in [-0.2, -0.15) is 5.10 Å². The van der Waals surface area contributed by atoms with E-state index in [-0.39, 0.29) is 11.7 Å². The first-order valence-electron chi connectivity index (χ1n) is 10.7. The van der Waals surface area contributed by atoms with E-state index in [0.717, 1.165) is 41.3 Å². The van der Waals surface area contributed by atoms with Crippen LogP contribution in [0.5, 0.6) is 5.75 Å². The van der Waals surface area contributed by atoms with Crippen molar-refractivity contribution in [2.45, 2.75) is 58.1 Å². The Labute approximate surface area is 181 Å². The monoisotopic (exact) mass is 425 g/mol. The summed E-state index contributed by atoms with van der Waals surface area (Å²) < 4.78 is 8.58. The number of aryl methyl sites for hydroxylation is 1. The third kappa shape index (κ3) is 4.34. The minimum Gasteiger partial charge on any atom is -0.492 e. The van der Waals surface area contributed by atoms with E-state index < -0.39 is 11.5 Å². The molecule has 8 nitrogen and oxygen atoms in total. The number of rotatable bonds is 5. The summed E-state index contributed by atoms with van der Waals surface area (Å²) in [6.07, 6.45) is 5.21. The topological polar surface area (TPSA) is 100 Å². The highest BCUT2D eigenvalue weighted by Crippen LogP contribution is 2.36. The average Bonchev–Trinajstić information content (AvgIpc) is 3.13. The minimum absolute atomic E-state index is 0.132. The zero-order valence-corrected chi connectivity index (χ0v) is 18.1. The highest BCUT2D eigenvalue weighted by Gasteiger charge is 2.30. The molecule has 0 saturated heterocycles. The summed E-state index contributed by atoms with van der Waals surface area (Å²) in [5, 5.41) is 28.9. The number of aliphatic hydroxyl groups is 1. The number of aromatic nitrogens is 3. The molecule has 164 valence electrons. The van der Waals surface area contributed by atoms with Gasteiger partial charge in [0.15, 0.2) is 0 Å². The van der Waals surface area contributed by atoms with Gasteiger partial charge in [-0.15, -0.1) is 0 Å². The first-order valence-corrected chi connectivity index (χ1v) is 10.7. The number of anilines is 1. The SMILES string of the molecule is CCOc1cc2nn(C3CCC(C)(O)CC3)cc2cc1NC(=O)c1cccc(C)[n+]1O. The molecule has 2 aromatic heterocycles. The van der Waals surface area contributed by atoms with E-state index >= 15 is 0 Å². The predicted molar refractivity (Wildman–Crippen MR) is 116 cm³/mol. The van der Waals surface area contributed by atoms with Gasteiger partial charge >= 0.3 is 11.6 Å².